The van der Waals surface area contributed by atoms with E-state index in [9.17, 15) is 21.8 Å². The molecule has 0 spiro atoms. The van der Waals surface area contributed by atoms with Crippen LogP contribution in [0.5, 0.6) is 0 Å². The van der Waals surface area contributed by atoms with Crippen molar-refractivity contribution in [2.24, 2.45) is 0 Å². The van der Waals surface area contributed by atoms with Crippen LogP contribution in [-0.4, -0.2) is 20.1 Å². The summed E-state index contributed by atoms with van der Waals surface area (Å²) in [6.07, 6.45) is 0. The van der Waals surface area contributed by atoms with Gasteiger partial charge in [0.2, 0.25) is 0 Å². The van der Waals surface area contributed by atoms with Crippen molar-refractivity contribution < 1.29 is 35.4 Å². The monoisotopic (exact) mass is 302 g/mol. The van der Waals surface area contributed by atoms with Crippen molar-refractivity contribution in [2.45, 2.75) is 11.8 Å². The molecule has 6 nitrogen and oxygen atoms in total. The van der Waals surface area contributed by atoms with E-state index in [4.69, 9.17) is 4.89 Å². The molecule has 1 N–H and O–H groups in total. The third-order valence-electron chi connectivity index (χ3n) is 1.93. The zero-order valence-corrected chi connectivity index (χ0v) is 10.8. The summed E-state index contributed by atoms with van der Waals surface area (Å²) in [5.41, 5.74) is -0.452. The molecule has 0 fully saturated rings. The third-order valence-corrected chi connectivity index (χ3v) is 3.70. The predicted octanol–water partition coefficient (Wildman–Crippen LogP) is 1.33. The summed E-state index contributed by atoms with van der Waals surface area (Å²) >= 11 is 0. The third kappa shape index (κ3) is 3.56. The van der Waals surface area contributed by atoms with Gasteiger partial charge in [0.25, 0.3) is 0 Å². The van der Waals surface area contributed by atoms with Crippen molar-refractivity contribution in [3.05, 3.63) is 29.3 Å². The van der Waals surface area contributed by atoms with Crippen molar-refractivity contribution in [1.29, 1.82) is 0 Å². The number of benzene rings is 1. The van der Waals surface area contributed by atoms with Gasteiger partial charge in [0.1, 0.15) is 16.5 Å². The zero-order chi connectivity index (χ0) is 13.9. The maximum atomic E-state index is 13.3. The molecule has 1 rings (SSSR count). The molecule has 0 saturated heterocycles. The highest BCUT2D eigenvalue weighted by molar-refractivity contribution is 7.86. The zero-order valence-electron chi connectivity index (χ0n) is 9.01. The molecule has 0 amide bonds. The Balaban J connectivity index is 3.05. The van der Waals surface area contributed by atoms with E-state index >= 15 is 0 Å². The molecule has 18 heavy (non-hydrogen) atoms. The smallest absolute Gasteiger partial charge is 0.318 e. The molecular formula is C8H9F2O6PS. The maximum absolute atomic E-state index is 13.3. The number of hydrogen-bond acceptors (Lipinski definition) is 5. The van der Waals surface area contributed by atoms with Gasteiger partial charge < -0.3 is 4.89 Å². The molecular weight excluding hydrogens is 293 g/mol. The van der Waals surface area contributed by atoms with E-state index in [1.165, 1.54) is 0 Å². The molecule has 0 radical (unpaired) electrons. The summed E-state index contributed by atoms with van der Waals surface area (Å²) in [7, 11) is -7.99. The minimum absolute atomic E-state index is 0.452. The van der Waals surface area contributed by atoms with Crippen molar-refractivity contribution in [3.63, 3.8) is 0 Å². The maximum Gasteiger partial charge on any atom is 0.318 e. The average molecular weight is 302 g/mol. The Bertz CT molecular complexity index is 573. The quantitative estimate of drug-likeness (QED) is 0.501. The highest BCUT2D eigenvalue weighted by atomic mass is 32.2. The minimum Gasteiger partial charge on any atom is -0.326 e. The van der Waals surface area contributed by atoms with Gasteiger partial charge in [0.05, 0.1) is 0 Å². The summed E-state index contributed by atoms with van der Waals surface area (Å²) in [6, 6.07) is 1.40. The minimum atomic E-state index is -4.61. The van der Waals surface area contributed by atoms with Crippen LogP contribution in [0.25, 0.3) is 0 Å². The number of halogens is 2. The highest BCUT2D eigenvalue weighted by Gasteiger charge is 2.25. The lowest BCUT2D eigenvalue weighted by Gasteiger charge is -2.09. The molecule has 0 aliphatic rings. The Hall–Kier alpha value is -0.860. The van der Waals surface area contributed by atoms with Gasteiger partial charge in [-0.2, -0.15) is 8.42 Å². The van der Waals surface area contributed by atoms with Crippen LogP contribution in [0.15, 0.2) is 17.0 Å². The van der Waals surface area contributed by atoms with Crippen LogP contribution in [0.4, 0.5) is 8.78 Å². The average Bonchev–Trinajstić information content (AvgIpc) is 2.23. The van der Waals surface area contributed by atoms with E-state index < -0.39 is 47.3 Å². The van der Waals surface area contributed by atoms with Gasteiger partial charge in [-0.1, -0.05) is 0 Å². The molecule has 0 bridgehead atoms. The first kappa shape index (κ1) is 15.2. The Morgan fingerprint density at radius 3 is 2.44 bits per heavy atom. The lowest BCUT2D eigenvalue weighted by molar-refractivity contribution is 0.120. The first-order valence-corrected chi connectivity index (χ1v) is 7.12. The van der Waals surface area contributed by atoms with Gasteiger partial charge in [-0.3, -0.25) is 9.09 Å². The molecule has 1 unspecified atom stereocenters. The second-order valence-electron chi connectivity index (χ2n) is 3.08. The van der Waals surface area contributed by atoms with E-state index in [1.807, 2.05) is 0 Å². The predicted molar refractivity (Wildman–Crippen MR) is 56.5 cm³/mol. The molecule has 0 saturated carbocycles. The lowest BCUT2D eigenvalue weighted by Crippen LogP contribution is -2.12. The summed E-state index contributed by atoms with van der Waals surface area (Å²) in [4.78, 5) is 7.32. The van der Waals surface area contributed by atoms with Gasteiger partial charge >= 0.3 is 18.4 Å². The van der Waals surface area contributed by atoms with Gasteiger partial charge in [0.15, 0.2) is 6.79 Å². The fourth-order valence-electron chi connectivity index (χ4n) is 1.14. The Kier molecular flexibility index (Phi) is 4.94. The van der Waals surface area contributed by atoms with Crippen LogP contribution < -0.4 is 0 Å². The topological polar surface area (TPSA) is 89.9 Å². The molecule has 102 valence electrons. The SMILES string of the molecule is Cc1c(F)ccc(F)c1S(=O)(=O)OCO[PH](=O)O. The van der Waals surface area contributed by atoms with E-state index in [2.05, 4.69) is 8.71 Å². The Labute approximate surface area is 102 Å². The van der Waals surface area contributed by atoms with Crippen LogP contribution in [0, 0.1) is 18.6 Å². The molecule has 1 aromatic rings. The van der Waals surface area contributed by atoms with Gasteiger partial charge in [-0.15, -0.1) is 0 Å². The fourth-order valence-corrected chi connectivity index (χ4v) is 2.46. The van der Waals surface area contributed by atoms with Crippen molar-refractivity contribution in [2.75, 3.05) is 6.79 Å². The number of rotatable bonds is 5. The van der Waals surface area contributed by atoms with Crippen LogP contribution in [0.2, 0.25) is 0 Å². The normalized spacial score (nSPS) is 13.6. The van der Waals surface area contributed by atoms with Crippen molar-refractivity contribution in [1.82, 2.24) is 0 Å². The Morgan fingerprint density at radius 2 is 1.89 bits per heavy atom. The van der Waals surface area contributed by atoms with Gasteiger partial charge in [-0.25, -0.2) is 13.0 Å². The van der Waals surface area contributed by atoms with E-state index in [0.717, 1.165) is 13.0 Å². The molecule has 0 aliphatic carbocycles. The fraction of sp³-hybridized carbons (Fsp3) is 0.250. The van der Waals surface area contributed by atoms with Crippen molar-refractivity contribution in [3.8, 4) is 0 Å². The largest absolute Gasteiger partial charge is 0.326 e. The molecule has 0 heterocycles. The highest BCUT2D eigenvalue weighted by Crippen LogP contribution is 2.24. The second-order valence-corrected chi connectivity index (χ2v) is 5.46. The molecule has 1 aromatic carbocycles. The summed E-state index contributed by atoms with van der Waals surface area (Å²) < 4.78 is 67.8. The molecule has 0 aliphatic heterocycles. The van der Waals surface area contributed by atoms with Crippen LogP contribution >= 0.6 is 8.25 Å². The van der Waals surface area contributed by atoms with Gasteiger partial charge in [0, 0.05) is 5.56 Å². The van der Waals surface area contributed by atoms with Crippen LogP contribution in [0.3, 0.4) is 0 Å². The second kappa shape index (κ2) is 5.85. The Morgan fingerprint density at radius 1 is 1.33 bits per heavy atom. The summed E-state index contributed by atoms with van der Waals surface area (Å²) in [5, 5.41) is 0. The van der Waals surface area contributed by atoms with Crippen LogP contribution in [0.1, 0.15) is 5.56 Å². The van der Waals surface area contributed by atoms with E-state index in [1.54, 1.807) is 0 Å². The summed E-state index contributed by atoms with van der Waals surface area (Å²) in [6.45, 7) is -0.00357. The van der Waals surface area contributed by atoms with Crippen LogP contribution in [-0.2, 0) is 23.4 Å². The standard InChI is InChI=1S/C8H9F2O6PS/c1-5-6(9)2-3-7(10)8(5)18(13,14)16-4-15-17(11)12/h2-3,17H,4H2,1H3,(H,11,12). The summed E-state index contributed by atoms with van der Waals surface area (Å²) in [5.74, 6) is -2.11. The lowest BCUT2D eigenvalue weighted by atomic mass is 10.2. The first-order valence-electron chi connectivity index (χ1n) is 4.45. The van der Waals surface area contributed by atoms with Gasteiger partial charge in [-0.05, 0) is 19.1 Å². The molecule has 0 aromatic heterocycles. The van der Waals surface area contributed by atoms with E-state index in [-0.39, 0.29) is 0 Å². The molecule has 1 atom stereocenters. The first-order chi connectivity index (χ1) is 8.25. The number of hydrogen-bond donors (Lipinski definition) is 1. The van der Waals surface area contributed by atoms with Crippen molar-refractivity contribution >= 4 is 18.4 Å². The van der Waals surface area contributed by atoms with E-state index in [0.29, 0.717) is 6.07 Å². The molecule has 10 heteroatoms.